The van der Waals surface area contributed by atoms with Crippen molar-refractivity contribution in [1.82, 2.24) is 5.32 Å². The van der Waals surface area contributed by atoms with E-state index >= 15 is 0 Å². The second-order valence-electron chi connectivity index (χ2n) is 9.76. The van der Waals surface area contributed by atoms with Crippen LogP contribution in [0.25, 0.3) is 6.08 Å². The highest BCUT2D eigenvalue weighted by atomic mass is 16.5. The molecule has 0 unspecified atom stereocenters. The molecular formula is C34H37N3O9. The SMILES string of the molecule is CC(=O)O.CCOC(=O)CC[C@H](NC(=O)C(C)=Cc1ccc(C(=O)Oc2ccc(C(=N)N)cc2)cc1)C(=O)OCc1ccccc1. The first-order chi connectivity index (χ1) is 21.9. The lowest BCUT2D eigenvalue weighted by Gasteiger charge is -2.18. The van der Waals surface area contributed by atoms with Crippen molar-refractivity contribution in [3.05, 3.63) is 107 Å². The Morgan fingerprint density at radius 1 is 0.891 bits per heavy atom. The molecule has 0 aliphatic carbocycles. The zero-order chi connectivity index (χ0) is 34.1. The monoisotopic (exact) mass is 631 g/mol. The van der Waals surface area contributed by atoms with Crippen molar-refractivity contribution >= 4 is 41.7 Å². The molecule has 3 rings (SSSR count). The third-order valence-electron chi connectivity index (χ3n) is 6.02. The zero-order valence-corrected chi connectivity index (χ0v) is 25.8. The van der Waals surface area contributed by atoms with Gasteiger partial charge in [0.15, 0.2) is 0 Å². The number of amidine groups is 1. The fraction of sp³-hybridized carbons (Fsp3) is 0.235. The largest absolute Gasteiger partial charge is 0.481 e. The van der Waals surface area contributed by atoms with Crippen LogP contribution in [0.1, 0.15) is 60.7 Å². The maximum atomic E-state index is 13.0. The van der Waals surface area contributed by atoms with E-state index in [-0.39, 0.29) is 31.9 Å². The first-order valence-corrected chi connectivity index (χ1v) is 14.2. The van der Waals surface area contributed by atoms with Gasteiger partial charge in [-0.3, -0.25) is 19.8 Å². The molecule has 5 N–H and O–H groups in total. The molecule has 0 aliphatic rings. The molecule has 3 aromatic carbocycles. The Hall–Kier alpha value is -5.78. The van der Waals surface area contributed by atoms with Crippen LogP contribution >= 0.6 is 0 Å². The minimum absolute atomic E-state index is 0.0137. The summed E-state index contributed by atoms with van der Waals surface area (Å²) in [5, 5.41) is 17.5. The van der Waals surface area contributed by atoms with Gasteiger partial charge in [-0.05, 0) is 73.9 Å². The van der Waals surface area contributed by atoms with E-state index < -0.39 is 35.8 Å². The van der Waals surface area contributed by atoms with Crippen molar-refractivity contribution in [2.24, 2.45) is 5.73 Å². The lowest BCUT2D eigenvalue weighted by molar-refractivity contribution is -0.150. The molecule has 46 heavy (non-hydrogen) atoms. The number of esters is 3. The number of hydrogen-bond donors (Lipinski definition) is 4. The van der Waals surface area contributed by atoms with Gasteiger partial charge in [0.1, 0.15) is 24.2 Å². The Kier molecular flexibility index (Phi) is 14.9. The average Bonchev–Trinajstić information content (AvgIpc) is 3.02. The highest BCUT2D eigenvalue weighted by Gasteiger charge is 2.24. The molecule has 0 fully saturated rings. The number of ether oxygens (including phenoxy) is 3. The number of benzene rings is 3. The van der Waals surface area contributed by atoms with Gasteiger partial charge >= 0.3 is 17.9 Å². The smallest absolute Gasteiger partial charge is 0.343 e. The minimum atomic E-state index is -1.06. The summed E-state index contributed by atoms with van der Waals surface area (Å²) in [6.45, 7) is 4.59. The Bertz CT molecular complexity index is 1530. The number of carbonyl (C=O) groups excluding carboxylic acids is 4. The van der Waals surface area contributed by atoms with Gasteiger partial charge in [-0.1, -0.05) is 42.5 Å². The lowest BCUT2D eigenvalue weighted by Crippen LogP contribution is -2.42. The van der Waals surface area contributed by atoms with Gasteiger partial charge in [-0.15, -0.1) is 0 Å². The molecular weight excluding hydrogens is 594 g/mol. The topological polar surface area (TPSA) is 195 Å². The fourth-order valence-electron chi connectivity index (χ4n) is 3.75. The zero-order valence-electron chi connectivity index (χ0n) is 25.8. The van der Waals surface area contributed by atoms with Crippen molar-refractivity contribution in [3.8, 4) is 5.75 Å². The third-order valence-corrected chi connectivity index (χ3v) is 6.02. The van der Waals surface area contributed by atoms with Gasteiger partial charge in [0.2, 0.25) is 5.91 Å². The van der Waals surface area contributed by atoms with Gasteiger partial charge in [0.05, 0.1) is 12.2 Å². The van der Waals surface area contributed by atoms with Crippen molar-refractivity contribution in [2.45, 2.75) is 46.3 Å². The molecule has 12 heteroatoms. The predicted octanol–water partition coefficient (Wildman–Crippen LogP) is 4.26. The van der Waals surface area contributed by atoms with Crippen LogP contribution in [0.15, 0.2) is 84.4 Å². The molecule has 0 saturated carbocycles. The molecule has 0 bridgehead atoms. The molecule has 0 spiro atoms. The summed E-state index contributed by atoms with van der Waals surface area (Å²) in [7, 11) is 0. The van der Waals surface area contributed by atoms with Crippen molar-refractivity contribution in [2.75, 3.05) is 6.61 Å². The van der Waals surface area contributed by atoms with Crippen LogP contribution in [0.3, 0.4) is 0 Å². The molecule has 3 aromatic rings. The standard InChI is InChI=1S/C32H33N3O7.C2H4O2/c1-3-40-28(36)18-17-27(32(39)41-20-23-7-5-4-6-8-23)35-30(37)21(2)19-22-9-11-25(12-10-22)31(38)42-26-15-13-24(14-16-26)29(33)34;1-2(3)4/h4-16,19,27H,3,17-18,20H2,1-2H3,(H3,33,34)(H,35,37);1H3,(H,3,4)/t27-;/m0./s1. The molecule has 12 nitrogen and oxygen atoms in total. The number of hydrogen-bond acceptors (Lipinski definition) is 9. The number of nitrogens with one attached hydrogen (secondary N) is 2. The first kappa shape index (κ1) is 36.4. The summed E-state index contributed by atoms with van der Waals surface area (Å²) in [6, 6.07) is 20.7. The van der Waals surface area contributed by atoms with Crippen LogP contribution in [-0.4, -0.2) is 53.4 Å². The number of aliphatic carboxylic acids is 1. The van der Waals surface area contributed by atoms with Crippen LogP contribution in [0.2, 0.25) is 0 Å². The predicted molar refractivity (Wildman–Crippen MR) is 170 cm³/mol. The molecule has 0 radical (unpaired) electrons. The van der Waals surface area contributed by atoms with Crippen molar-refractivity contribution < 1.29 is 43.3 Å². The van der Waals surface area contributed by atoms with Gasteiger partial charge in [-0.25, -0.2) is 9.59 Å². The van der Waals surface area contributed by atoms with Gasteiger partial charge < -0.3 is 30.4 Å². The summed E-state index contributed by atoms with van der Waals surface area (Å²) in [4.78, 5) is 59.2. The van der Waals surface area contributed by atoms with E-state index in [0.29, 0.717) is 28.0 Å². The summed E-state index contributed by atoms with van der Waals surface area (Å²) in [5.41, 5.74) is 7.97. The highest BCUT2D eigenvalue weighted by molar-refractivity contribution is 5.99. The van der Waals surface area contributed by atoms with E-state index in [1.165, 1.54) is 0 Å². The molecule has 0 aromatic heterocycles. The Balaban J connectivity index is 0.00000173. The van der Waals surface area contributed by atoms with Gasteiger partial charge in [0.25, 0.3) is 5.97 Å². The van der Waals surface area contributed by atoms with E-state index in [4.69, 9.17) is 35.3 Å². The Morgan fingerprint density at radius 2 is 1.48 bits per heavy atom. The minimum Gasteiger partial charge on any atom is -0.481 e. The molecule has 0 saturated heterocycles. The number of carbonyl (C=O) groups is 5. The van der Waals surface area contributed by atoms with Crippen LogP contribution < -0.4 is 15.8 Å². The van der Waals surface area contributed by atoms with Crippen LogP contribution in [-0.2, 0) is 35.3 Å². The number of carboxylic acids is 1. The van der Waals surface area contributed by atoms with E-state index in [9.17, 15) is 19.2 Å². The van der Waals surface area contributed by atoms with Crippen LogP contribution in [0.4, 0.5) is 0 Å². The van der Waals surface area contributed by atoms with Gasteiger partial charge in [0, 0.05) is 24.5 Å². The van der Waals surface area contributed by atoms with Gasteiger partial charge in [-0.2, -0.15) is 0 Å². The number of nitrogens with two attached hydrogens (primary N) is 1. The molecule has 1 atom stereocenters. The summed E-state index contributed by atoms with van der Waals surface area (Å²) < 4.78 is 15.7. The number of nitrogen functional groups attached to an aromatic ring is 1. The first-order valence-electron chi connectivity index (χ1n) is 14.2. The van der Waals surface area contributed by atoms with Crippen molar-refractivity contribution in [3.63, 3.8) is 0 Å². The Morgan fingerprint density at radius 3 is 2.04 bits per heavy atom. The normalized spacial score (nSPS) is 11.2. The summed E-state index contributed by atoms with van der Waals surface area (Å²) in [5.74, 6) is -2.85. The van der Waals surface area contributed by atoms with Crippen LogP contribution in [0.5, 0.6) is 5.75 Å². The number of amides is 1. The second kappa shape index (κ2) is 18.8. The van der Waals surface area contributed by atoms with E-state index in [1.54, 1.807) is 68.5 Å². The Labute approximate surface area is 266 Å². The highest BCUT2D eigenvalue weighted by Crippen LogP contribution is 2.16. The average molecular weight is 632 g/mol. The molecule has 0 aliphatic heterocycles. The molecule has 1 amide bonds. The maximum Gasteiger partial charge on any atom is 0.343 e. The molecule has 0 heterocycles. The van der Waals surface area contributed by atoms with Crippen molar-refractivity contribution in [1.29, 1.82) is 5.41 Å². The fourth-order valence-corrected chi connectivity index (χ4v) is 3.75. The van der Waals surface area contributed by atoms with E-state index in [2.05, 4.69) is 5.32 Å². The van der Waals surface area contributed by atoms with E-state index in [0.717, 1.165) is 12.5 Å². The van der Waals surface area contributed by atoms with Crippen LogP contribution in [0, 0.1) is 5.41 Å². The summed E-state index contributed by atoms with van der Waals surface area (Å²) >= 11 is 0. The lowest BCUT2D eigenvalue weighted by atomic mass is 10.1. The quantitative estimate of drug-likeness (QED) is 0.0696. The van der Waals surface area contributed by atoms with E-state index in [1.807, 2.05) is 30.3 Å². The maximum absolute atomic E-state index is 13.0. The third kappa shape index (κ3) is 13.2. The second-order valence-corrected chi connectivity index (χ2v) is 9.76. The number of rotatable bonds is 13. The molecule has 242 valence electrons. The summed E-state index contributed by atoms with van der Waals surface area (Å²) in [6.07, 6.45) is 1.54. The number of carboxylic acid groups (broad SMARTS) is 1.